The summed E-state index contributed by atoms with van der Waals surface area (Å²) in [4.78, 5) is 39.7. The number of carbonyl (C=O) groups excluding carboxylic acids is 3. The minimum atomic E-state index is -0.977. The maximum Gasteiger partial charge on any atom is 0.412 e. The summed E-state index contributed by atoms with van der Waals surface area (Å²) in [5.41, 5.74) is 4.40. The van der Waals surface area contributed by atoms with Gasteiger partial charge in [0.1, 0.15) is 12.2 Å². The van der Waals surface area contributed by atoms with Crippen LogP contribution in [0.3, 0.4) is 0 Å². The van der Waals surface area contributed by atoms with E-state index in [2.05, 4.69) is 80.9 Å². The summed E-state index contributed by atoms with van der Waals surface area (Å²) in [5, 5.41) is 8.50. The summed E-state index contributed by atoms with van der Waals surface area (Å²) >= 11 is 0. The first-order valence-corrected chi connectivity index (χ1v) is 21.0. The van der Waals surface area contributed by atoms with E-state index in [1.54, 1.807) is 24.3 Å². The number of nitrogens with one attached hydrogen (secondary N) is 3. The fourth-order valence-electron chi connectivity index (χ4n) is 7.94. The Hall–Kier alpha value is -5.45. The Kier molecular flexibility index (Phi) is 15.4. The number of ether oxygens (including phenoxy) is 4. The van der Waals surface area contributed by atoms with Crippen molar-refractivity contribution in [2.75, 3.05) is 16.0 Å². The van der Waals surface area contributed by atoms with E-state index >= 15 is 0 Å². The van der Waals surface area contributed by atoms with Gasteiger partial charge in [-0.1, -0.05) is 112 Å². The van der Waals surface area contributed by atoms with Crippen LogP contribution in [-0.4, -0.2) is 54.7 Å². The third kappa shape index (κ3) is 12.8. The molecule has 10 nitrogen and oxygen atoms in total. The molecular weight excluding hydrogens is 743 g/mol. The summed E-state index contributed by atoms with van der Waals surface area (Å²) in [6.45, 7) is 10.9. The van der Waals surface area contributed by atoms with Crippen LogP contribution in [0.25, 0.3) is 0 Å². The predicted octanol–water partition coefficient (Wildman–Crippen LogP) is 10.9. The maximum absolute atomic E-state index is 13.4. The highest BCUT2D eigenvalue weighted by Crippen LogP contribution is 2.48. The third-order valence-corrected chi connectivity index (χ3v) is 11.4. The van der Waals surface area contributed by atoms with Gasteiger partial charge in [-0.05, 0) is 104 Å². The second-order valence-electron chi connectivity index (χ2n) is 16.0. The number of hydrogen-bond donors (Lipinski definition) is 3. The van der Waals surface area contributed by atoms with E-state index < -0.39 is 36.6 Å². The molecule has 0 aromatic heterocycles. The monoisotopic (exact) mass is 801 g/mol. The molecule has 1 saturated heterocycles. The minimum absolute atomic E-state index is 0.106. The molecular formula is C49H59N3O7. The molecule has 0 bridgehead atoms. The molecule has 3 aromatic rings. The van der Waals surface area contributed by atoms with E-state index in [9.17, 15) is 14.4 Å². The highest BCUT2D eigenvalue weighted by Gasteiger charge is 2.45. The van der Waals surface area contributed by atoms with Crippen LogP contribution in [0.2, 0.25) is 0 Å². The normalized spacial score (nSPS) is 27.4. The number of anilines is 3. The molecule has 10 atom stereocenters. The van der Waals surface area contributed by atoms with Crippen molar-refractivity contribution in [3.05, 3.63) is 139 Å². The number of allylic oxidation sites excluding steroid dienone is 4. The van der Waals surface area contributed by atoms with Gasteiger partial charge >= 0.3 is 12.2 Å². The summed E-state index contributed by atoms with van der Waals surface area (Å²) < 4.78 is 25.1. The second kappa shape index (κ2) is 21.0. The van der Waals surface area contributed by atoms with Gasteiger partial charge in [0.25, 0.3) is 0 Å². The van der Waals surface area contributed by atoms with Crippen LogP contribution >= 0.6 is 0 Å². The third-order valence-electron chi connectivity index (χ3n) is 11.4. The highest BCUT2D eigenvalue weighted by atomic mass is 16.6. The largest absolute Gasteiger partial charge is 0.442 e. The molecule has 0 radical (unpaired) electrons. The van der Waals surface area contributed by atoms with E-state index in [0.29, 0.717) is 35.3 Å². The quantitative estimate of drug-likeness (QED) is 0.131. The standard InChI is InChI=1S/C49H59N3O7/c1-6-42-33(3)23-27-43(57-42)34(4)30-32(2)22-25-40-35(5)41(40)26-28-44-47(59-49(55)52-38-20-14-9-15-21-38)45(58-48(54)51-37-18-12-8-13-19-37)31-39(56-44)24-29-46(53)50-36-16-10-7-11-17-36/h7-23,25-26,28,30,32,35,39-45,47H,6,24,27,29,31H2,1-5H3,(H,50,53)(H,51,54)(H,52,55)/b25-22+,28-26+,34-30+/t32-,35-,39-,40+,41+,42-,43-,44+,45+,47+/m1/s1. The van der Waals surface area contributed by atoms with Gasteiger partial charge in [-0.3, -0.25) is 15.4 Å². The average molecular weight is 802 g/mol. The summed E-state index contributed by atoms with van der Waals surface area (Å²) in [6, 6.07) is 27.3. The molecule has 3 N–H and O–H groups in total. The minimum Gasteiger partial charge on any atom is -0.442 e. The second-order valence-corrected chi connectivity index (χ2v) is 16.0. The topological polar surface area (TPSA) is 124 Å². The molecule has 2 heterocycles. The first-order valence-electron chi connectivity index (χ1n) is 21.0. The lowest BCUT2D eigenvalue weighted by Gasteiger charge is -2.39. The van der Waals surface area contributed by atoms with Crippen molar-refractivity contribution in [2.45, 2.75) is 103 Å². The first-order chi connectivity index (χ1) is 28.6. The Morgan fingerprint density at radius 2 is 1.37 bits per heavy atom. The van der Waals surface area contributed by atoms with E-state index in [0.717, 1.165) is 12.8 Å². The lowest BCUT2D eigenvalue weighted by atomic mass is 9.94. The summed E-state index contributed by atoms with van der Waals surface area (Å²) in [7, 11) is 0. The van der Waals surface area contributed by atoms with E-state index in [4.69, 9.17) is 18.9 Å². The molecule has 10 heteroatoms. The van der Waals surface area contributed by atoms with Crippen LogP contribution in [0.15, 0.2) is 139 Å². The first kappa shape index (κ1) is 43.1. The fourth-order valence-corrected chi connectivity index (χ4v) is 7.94. The zero-order valence-corrected chi connectivity index (χ0v) is 34.8. The zero-order chi connectivity index (χ0) is 41.7. The number of amides is 3. The summed E-state index contributed by atoms with van der Waals surface area (Å²) in [6.07, 6.45) is 11.7. The Labute approximate surface area is 349 Å². The molecule has 1 aliphatic carbocycles. The Morgan fingerprint density at radius 1 is 0.797 bits per heavy atom. The van der Waals surface area contributed by atoms with Gasteiger partial charge in [-0.25, -0.2) is 9.59 Å². The molecule has 6 rings (SSSR count). The molecule has 59 heavy (non-hydrogen) atoms. The predicted molar refractivity (Wildman–Crippen MR) is 233 cm³/mol. The average Bonchev–Trinajstić information content (AvgIpc) is 3.86. The highest BCUT2D eigenvalue weighted by molar-refractivity contribution is 5.90. The molecule has 3 amide bonds. The molecule has 2 fully saturated rings. The van der Waals surface area contributed by atoms with Crippen LogP contribution in [0.5, 0.6) is 0 Å². The van der Waals surface area contributed by atoms with Crippen molar-refractivity contribution in [1.29, 1.82) is 0 Å². The van der Waals surface area contributed by atoms with Crippen molar-refractivity contribution >= 4 is 35.2 Å². The van der Waals surface area contributed by atoms with Gasteiger partial charge in [0.15, 0.2) is 6.10 Å². The van der Waals surface area contributed by atoms with Gasteiger partial charge < -0.3 is 24.3 Å². The number of hydrogen-bond acceptors (Lipinski definition) is 7. The van der Waals surface area contributed by atoms with Crippen LogP contribution in [0, 0.1) is 23.7 Å². The maximum atomic E-state index is 13.4. The number of carbonyl (C=O) groups is 3. The Morgan fingerprint density at radius 3 is 1.98 bits per heavy atom. The molecule has 0 unspecified atom stereocenters. The fraction of sp³-hybridized carbons (Fsp3) is 0.408. The summed E-state index contributed by atoms with van der Waals surface area (Å²) in [5.74, 6) is 1.05. The van der Waals surface area contributed by atoms with Crippen molar-refractivity contribution in [3.63, 3.8) is 0 Å². The zero-order valence-electron chi connectivity index (χ0n) is 34.8. The molecule has 1 saturated carbocycles. The molecule has 3 aliphatic rings. The van der Waals surface area contributed by atoms with Crippen molar-refractivity contribution < 1.29 is 33.3 Å². The number of rotatable bonds is 15. The molecule has 2 aliphatic heterocycles. The van der Waals surface area contributed by atoms with Crippen molar-refractivity contribution in [2.24, 2.45) is 23.7 Å². The molecule has 3 aromatic carbocycles. The smallest absolute Gasteiger partial charge is 0.412 e. The van der Waals surface area contributed by atoms with Crippen LogP contribution in [0.1, 0.15) is 66.7 Å². The van der Waals surface area contributed by atoms with E-state index in [-0.39, 0.29) is 42.8 Å². The van der Waals surface area contributed by atoms with Gasteiger partial charge in [0.05, 0.1) is 18.3 Å². The van der Waals surface area contributed by atoms with Crippen molar-refractivity contribution in [1.82, 2.24) is 0 Å². The lowest BCUT2D eigenvalue weighted by Crippen LogP contribution is -2.52. The Bertz CT molecular complexity index is 1960. The number of para-hydroxylation sites is 3. The van der Waals surface area contributed by atoms with Gasteiger partial charge in [0, 0.05) is 29.9 Å². The molecule has 312 valence electrons. The lowest BCUT2D eigenvalue weighted by molar-refractivity contribution is -0.152. The van der Waals surface area contributed by atoms with Crippen LogP contribution in [0.4, 0.5) is 26.7 Å². The van der Waals surface area contributed by atoms with Gasteiger partial charge in [-0.2, -0.15) is 0 Å². The molecule has 0 spiro atoms. The van der Waals surface area contributed by atoms with Gasteiger partial charge in [-0.15, -0.1) is 0 Å². The van der Waals surface area contributed by atoms with Gasteiger partial charge in [0.2, 0.25) is 5.91 Å². The van der Waals surface area contributed by atoms with Crippen LogP contribution in [-0.2, 0) is 23.7 Å². The van der Waals surface area contributed by atoms with Crippen molar-refractivity contribution in [3.8, 4) is 0 Å². The van der Waals surface area contributed by atoms with E-state index in [1.807, 2.05) is 72.8 Å². The SMILES string of the molecule is CC[C@H]1O[C@@H](/C(C)=C/[C@H](C)/C=C/[C@H]2[C@@H](C)[C@@H]2/C=C/[C@@H]2O[C@H](CCC(=O)Nc3ccccc3)C[C@H](OC(=O)Nc3ccccc3)[C@H]2OC(=O)Nc2ccccc2)CC=C1C. The Balaban J connectivity index is 1.17. The number of benzene rings is 3. The van der Waals surface area contributed by atoms with E-state index in [1.165, 1.54) is 11.1 Å². The van der Waals surface area contributed by atoms with Crippen LogP contribution < -0.4 is 16.0 Å².